The summed E-state index contributed by atoms with van der Waals surface area (Å²) in [5.74, 6) is -0.219. The molecule has 0 radical (unpaired) electrons. The summed E-state index contributed by atoms with van der Waals surface area (Å²) in [7, 11) is 0. The predicted molar refractivity (Wildman–Crippen MR) is 90.4 cm³/mol. The van der Waals surface area contributed by atoms with Crippen molar-refractivity contribution in [2.75, 3.05) is 18.5 Å². The molecule has 2 aromatic rings. The SMILES string of the molecule is Cc1cc(C)cc(-c2nnc(NC(=O)C3(N)CCOCC3)s2)c1. The van der Waals surface area contributed by atoms with Crippen molar-refractivity contribution in [1.82, 2.24) is 10.2 Å². The minimum absolute atomic E-state index is 0.219. The Balaban J connectivity index is 1.75. The van der Waals surface area contributed by atoms with Gasteiger partial charge in [0.15, 0.2) is 0 Å². The van der Waals surface area contributed by atoms with E-state index < -0.39 is 5.54 Å². The number of anilines is 1. The molecule has 23 heavy (non-hydrogen) atoms. The van der Waals surface area contributed by atoms with Gasteiger partial charge in [-0.25, -0.2) is 0 Å². The zero-order valence-corrected chi connectivity index (χ0v) is 14.1. The van der Waals surface area contributed by atoms with Gasteiger partial charge in [0.2, 0.25) is 11.0 Å². The second-order valence-corrected chi connectivity index (χ2v) is 6.99. The summed E-state index contributed by atoms with van der Waals surface area (Å²) in [4.78, 5) is 12.4. The van der Waals surface area contributed by atoms with Gasteiger partial charge in [0.05, 0.1) is 0 Å². The van der Waals surface area contributed by atoms with Crippen molar-refractivity contribution in [2.45, 2.75) is 32.2 Å². The van der Waals surface area contributed by atoms with Gasteiger partial charge < -0.3 is 10.5 Å². The molecule has 0 unspecified atom stereocenters. The van der Waals surface area contributed by atoms with Crippen molar-refractivity contribution in [1.29, 1.82) is 0 Å². The number of hydrogen-bond acceptors (Lipinski definition) is 6. The fourth-order valence-corrected chi connectivity index (χ4v) is 3.40. The van der Waals surface area contributed by atoms with E-state index in [-0.39, 0.29) is 5.91 Å². The van der Waals surface area contributed by atoms with Crippen LogP contribution < -0.4 is 11.1 Å². The Hall–Kier alpha value is -1.83. The number of benzene rings is 1. The van der Waals surface area contributed by atoms with Crippen LogP contribution >= 0.6 is 11.3 Å². The normalized spacial score (nSPS) is 17.0. The van der Waals surface area contributed by atoms with E-state index in [1.54, 1.807) is 0 Å². The summed E-state index contributed by atoms with van der Waals surface area (Å²) < 4.78 is 5.26. The Labute approximate surface area is 139 Å². The lowest BCUT2D eigenvalue weighted by atomic mass is 9.90. The van der Waals surface area contributed by atoms with Crippen LogP contribution in [-0.2, 0) is 9.53 Å². The summed E-state index contributed by atoms with van der Waals surface area (Å²) in [6.07, 6.45) is 1.03. The molecular weight excluding hydrogens is 312 g/mol. The van der Waals surface area contributed by atoms with Crippen LogP contribution in [0, 0.1) is 13.8 Å². The molecule has 0 atom stereocenters. The number of rotatable bonds is 3. The molecule has 0 aliphatic carbocycles. The number of carbonyl (C=O) groups excluding carboxylic acids is 1. The standard InChI is InChI=1S/C16H20N4O2S/c1-10-7-11(2)9-12(8-10)13-19-20-15(23-13)18-14(21)16(17)3-5-22-6-4-16/h7-9H,3-6,17H2,1-2H3,(H,18,20,21). The number of amides is 1. The van der Waals surface area contributed by atoms with Gasteiger partial charge in [-0.05, 0) is 38.8 Å². The van der Waals surface area contributed by atoms with Crippen molar-refractivity contribution in [3.05, 3.63) is 29.3 Å². The molecule has 7 heteroatoms. The fraction of sp³-hybridized carbons (Fsp3) is 0.438. The minimum Gasteiger partial charge on any atom is -0.381 e. The maximum Gasteiger partial charge on any atom is 0.246 e. The summed E-state index contributed by atoms with van der Waals surface area (Å²) in [5, 5.41) is 12.3. The van der Waals surface area contributed by atoms with E-state index in [4.69, 9.17) is 10.5 Å². The number of nitrogens with zero attached hydrogens (tertiary/aromatic N) is 2. The summed E-state index contributed by atoms with van der Waals surface area (Å²) >= 11 is 1.35. The third-order valence-corrected chi connectivity index (χ3v) is 4.84. The molecule has 122 valence electrons. The predicted octanol–water partition coefficient (Wildman–Crippen LogP) is 2.27. The van der Waals surface area contributed by atoms with E-state index in [1.165, 1.54) is 22.5 Å². The van der Waals surface area contributed by atoms with Gasteiger partial charge >= 0.3 is 0 Å². The molecular formula is C16H20N4O2S. The monoisotopic (exact) mass is 332 g/mol. The van der Waals surface area contributed by atoms with Crippen LogP contribution in [0.25, 0.3) is 10.6 Å². The number of carbonyl (C=O) groups is 1. The van der Waals surface area contributed by atoms with Crippen molar-refractivity contribution in [2.24, 2.45) is 5.73 Å². The van der Waals surface area contributed by atoms with Gasteiger partial charge in [0.25, 0.3) is 0 Å². The summed E-state index contributed by atoms with van der Waals surface area (Å²) in [6.45, 7) is 5.11. The molecule has 0 spiro atoms. The zero-order chi connectivity index (χ0) is 16.4. The van der Waals surface area contributed by atoms with Crippen molar-refractivity contribution in [3.63, 3.8) is 0 Å². The van der Waals surface area contributed by atoms with Crippen LogP contribution in [0.1, 0.15) is 24.0 Å². The van der Waals surface area contributed by atoms with Crippen LogP contribution in [0.2, 0.25) is 0 Å². The lowest BCUT2D eigenvalue weighted by Gasteiger charge is -2.31. The molecule has 1 aliphatic heterocycles. The smallest absolute Gasteiger partial charge is 0.246 e. The van der Waals surface area contributed by atoms with Crippen LogP contribution in [0.5, 0.6) is 0 Å². The van der Waals surface area contributed by atoms with E-state index in [2.05, 4.69) is 33.7 Å². The van der Waals surface area contributed by atoms with E-state index in [1.807, 2.05) is 13.8 Å². The van der Waals surface area contributed by atoms with Crippen molar-refractivity contribution < 1.29 is 9.53 Å². The second kappa shape index (κ2) is 6.35. The van der Waals surface area contributed by atoms with Crippen molar-refractivity contribution >= 4 is 22.4 Å². The first-order valence-corrected chi connectivity index (χ1v) is 8.38. The number of aromatic nitrogens is 2. The molecule has 1 aromatic carbocycles. The molecule has 0 bridgehead atoms. The van der Waals surface area contributed by atoms with Crippen molar-refractivity contribution in [3.8, 4) is 10.6 Å². The number of nitrogens with two attached hydrogens (primary N) is 1. The number of ether oxygens (including phenoxy) is 1. The highest BCUT2D eigenvalue weighted by Crippen LogP contribution is 2.29. The number of hydrogen-bond donors (Lipinski definition) is 2. The molecule has 1 fully saturated rings. The van der Waals surface area contributed by atoms with Gasteiger partial charge in [-0.1, -0.05) is 28.5 Å². The maximum atomic E-state index is 12.4. The molecule has 3 rings (SSSR count). The Bertz CT molecular complexity index is 702. The second-order valence-electron chi connectivity index (χ2n) is 6.01. The molecule has 1 aromatic heterocycles. The van der Waals surface area contributed by atoms with Gasteiger partial charge in [0.1, 0.15) is 10.5 Å². The van der Waals surface area contributed by atoms with Crippen LogP contribution in [0.3, 0.4) is 0 Å². The Kier molecular flexibility index (Phi) is 4.43. The molecule has 6 nitrogen and oxygen atoms in total. The zero-order valence-electron chi connectivity index (χ0n) is 13.3. The fourth-order valence-electron chi connectivity index (χ4n) is 2.67. The van der Waals surface area contributed by atoms with Crippen LogP contribution in [-0.4, -0.2) is 34.9 Å². The van der Waals surface area contributed by atoms with Crippen LogP contribution in [0.4, 0.5) is 5.13 Å². The number of nitrogens with one attached hydrogen (secondary N) is 1. The van der Waals surface area contributed by atoms with Gasteiger partial charge in [0, 0.05) is 18.8 Å². The largest absolute Gasteiger partial charge is 0.381 e. The lowest BCUT2D eigenvalue weighted by molar-refractivity contribution is -0.124. The first-order valence-electron chi connectivity index (χ1n) is 7.56. The third-order valence-electron chi connectivity index (χ3n) is 3.95. The molecule has 1 saturated heterocycles. The molecule has 1 aliphatic rings. The quantitative estimate of drug-likeness (QED) is 0.900. The summed E-state index contributed by atoms with van der Waals surface area (Å²) in [6, 6.07) is 6.22. The highest BCUT2D eigenvalue weighted by atomic mass is 32.1. The lowest BCUT2D eigenvalue weighted by Crippen LogP contribution is -2.54. The number of aryl methyl sites for hydroxylation is 2. The first-order chi connectivity index (χ1) is 11.0. The van der Waals surface area contributed by atoms with E-state index in [9.17, 15) is 4.79 Å². The topological polar surface area (TPSA) is 90.1 Å². The van der Waals surface area contributed by atoms with Gasteiger partial charge in [-0.3, -0.25) is 10.1 Å². The molecule has 3 N–H and O–H groups in total. The highest BCUT2D eigenvalue weighted by molar-refractivity contribution is 7.18. The average molecular weight is 332 g/mol. The van der Waals surface area contributed by atoms with Gasteiger partial charge in [-0.2, -0.15) is 0 Å². The Morgan fingerprint density at radius 1 is 1.22 bits per heavy atom. The van der Waals surface area contributed by atoms with E-state index in [0.717, 1.165) is 10.6 Å². The highest BCUT2D eigenvalue weighted by Gasteiger charge is 2.36. The third kappa shape index (κ3) is 3.57. The minimum atomic E-state index is -0.885. The first kappa shape index (κ1) is 16.0. The summed E-state index contributed by atoms with van der Waals surface area (Å²) in [5.41, 5.74) is 8.64. The Morgan fingerprint density at radius 2 is 1.87 bits per heavy atom. The molecule has 0 saturated carbocycles. The Morgan fingerprint density at radius 3 is 2.52 bits per heavy atom. The molecule has 2 heterocycles. The average Bonchev–Trinajstić information content (AvgIpc) is 2.95. The maximum absolute atomic E-state index is 12.4. The van der Waals surface area contributed by atoms with E-state index in [0.29, 0.717) is 31.2 Å². The molecule has 1 amide bonds. The van der Waals surface area contributed by atoms with E-state index >= 15 is 0 Å². The van der Waals surface area contributed by atoms with Crippen LogP contribution in [0.15, 0.2) is 18.2 Å². The van der Waals surface area contributed by atoms with Gasteiger partial charge in [-0.15, -0.1) is 10.2 Å².